The molecule has 4 nitrogen and oxygen atoms in total. The molecule has 0 saturated heterocycles. The van der Waals surface area contributed by atoms with E-state index in [1.807, 2.05) is 48.0 Å². The molecule has 5 heteroatoms. The average molecular weight is 271 g/mol. The first-order valence-electron chi connectivity index (χ1n) is 5.84. The lowest BCUT2D eigenvalue weighted by Crippen LogP contribution is -2.01. The number of aromatic nitrogens is 4. The zero-order valence-corrected chi connectivity index (χ0v) is 11.0. The molecule has 0 atom stereocenters. The monoisotopic (exact) mass is 270 g/mol. The Balaban J connectivity index is 2.18. The summed E-state index contributed by atoms with van der Waals surface area (Å²) < 4.78 is 1.84. The van der Waals surface area contributed by atoms with Crippen molar-refractivity contribution in [3.05, 3.63) is 59.6 Å². The van der Waals surface area contributed by atoms with E-state index in [4.69, 9.17) is 11.6 Å². The molecule has 0 radical (unpaired) electrons. The highest BCUT2D eigenvalue weighted by Crippen LogP contribution is 2.26. The van der Waals surface area contributed by atoms with Gasteiger partial charge in [-0.25, -0.2) is 14.6 Å². The Bertz CT molecular complexity index is 706. The van der Waals surface area contributed by atoms with Gasteiger partial charge in [0.25, 0.3) is 0 Å². The summed E-state index contributed by atoms with van der Waals surface area (Å²) in [5.74, 6) is 0. The smallest absolute Gasteiger partial charge is 0.136 e. The van der Waals surface area contributed by atoms with Gasteiger partial charge in [0.2, 0.25) is 0 Å². The van der Waals surface area contributed by atoms with Gasteiger partial charge in [-0.3, -0.25) is 0 Å². The Hall–Kier alpha value is -2.20. The third-order valence-corrected chi connectivity index (χ3v) is 3.29. The van der Waals surface area contributed by atoms with E-state index in [1.54, 1.807) is 6.20 Å². The Morgan fingerprint density at radius 2 is 1.84 bits per heavy atom. The molecule has 0 aliphatic heterocycles. The lowest BCUT2D eigenvalue weighted by atomic mass is 10.2. The molecular weight excluding hydrogens is 260 g/mol. The van der Waals surface area contributed by atoms with Crippen molar-refractivity contribution in [3.63, 3.8) is 0 Å². The third kappa shape index (κ3) is 2.11. The number of nitrogens with zero attached hydrogens (tertiary/aromatic N) is 4. The van der Waals surface area contributed by atoms with Crippen LogP contribution in [0.25, 0.3) is 17.1 Å². The van der Waals surface area contributed by atoms with Crippen LogP contribution < -0.4 is 0 Å². The van der Waals surface area contributed by atoms with Crippen molar-refractivity contribution in [3.8, 4) is 17.1 Å². The number of hydrogen-bond acceptors (Lipinski definition) is 3. The van der Waals surface area contributed by atoms with E-state index in [0.717, 1.165) is 22.6 Å². The molecule has 94 valence electrons. The summed E-state index contributed by atoms with van der Waals surface area (Å²) in [4.78, 5) is 8.29. The highest BCUT2D eigenvalue weighted by Gasteiger charge is 2.13. The van der Waals surface area contributed by atoms with E-state index in [9.17, 15) is 0 Å². The summed E-state index contributed by atoms with van der Waals surface area (Å²) >= 11 is 6.05. The Labute approximate surface area is 115 Å². The SMILES string of the molecule is Cc1c(Cl)ncnc1-c1ccnn1-c1ccccc1. The Kier molecular flexibility index (Phi) is 3.01. The van der Waals surface area contributed by atoms with Crippen molar-refractivity contribution in [2.45, 2.75) is 6.92 Å². The lowest BCUT2D eigenvalue weighted by Gasteiger charge is -2.09. The van der Waals surface area contributed by atoms with Crippen LogP contribution in [0.15, 0.2) is 48.9 Å². The maximum absolute atomic E-state index is 6.05. The van der Waals surface area contributed by atoms with Crippen LogP contribution >= 0.6 is 11.6 Å². The average Bonchev–Trinajstić information content (AvgIpc) is 2.92. The van der Waals surface area contributed by atoms with Gasteiger partial charge in [0, 0.05) is 5.56 Å². The minimum atomic E-state index is 0.464. The molecule has 0 saturated carbocycles. The molecule has 0 aliphatic rings. The first-order valence-corrected chi connectivity index (χ1v) is 6.22. The maximum Gasteiger partial charge on any atom is 0.136 e. The van der Waals surface area contributed by atoms with E-state index in [1.165, 1.54) is 6.33 Å². The highest BCUT2D eigenvalue weighted by atomic mass is 35.5. The molecule has 2 heterocycles. The zero-order chi connectivity index (χ0) is 13.2. The van der Waals surface area contributed by atoms with Crippen molar-refractivity contribution < 1.29 is 0 Å². The van der Waals surface area contributed by atoms with Gasteiger partial charge in [-0.15, -0.1) is 0 Å². The van der Waals surface area contributed by atoms with E-state index in [0.29, 0.717) is 5.15 Å². The topological polar surface area (TPSA) is 43.6 Å². The normalized spacial score (nSPS) is 10.6. The summed E-state index contributed by atoms with van der Waals surface area (Å²) in [6, 6.07) is 11.8. The van der Waals surface area contributed by atoms with Gasteiger partial charge in [0.1, 0.15) is 11.5 Å². The molecule has 0 amide bonds. The molecule has 0 aliphatic carbocycles. The minimum Gasteiger partial charge on any atom is -0.234 e. The highest BCUT2D eigenvalue weighted by molar-refractivity contribution is 6.30. The predicted octanol–water partition coefficient (Wildman–Crippen LogP) is 3.29. The second-order valence-corrected chi connectivity index (χ2v) is 4.46. The second-order valence-electron chi connectivity index (χ2n) is 4.10. The fourth-order valence-electron chi connectivity index (χ4n) is 1.94. The van der Waals surface area contributed by atoms with E-state index < -0.39 is 0 Å². The van der Waals surface area contributed by atoms with Crippen LogP contribution in [0.1, 0.15) is 5.56 Å². The van der Waals surface area contributed by atoms with Crippen molar-refractivity contribution in [1.82, 2.24) is 19.7 Å². The van der Waals surface area contributed by atoms with Gasteiger partial charge in [-0.2, -0.15) is 5.10 Å². The largest absolute Gasteiger partial charge is 0.234 e. The van der Waals surface area contributed by atoms with Crippen LogP contribution in [0, 0.1) is 6.92 Å². The third-order valence-electron chi connectivity index (χ3n) is 2.91. The molecule has 3 rings (SSSR count). The van der Waals surface area contributed by atoms with Crippen LogP contribution in [0.4, 0.5) is 0 Å². The van der Waals surface area contributed by atoms with Crippen LogP contribution in [-0.2, 0) is 0 Å². The van der Waals surface area contributed by atoms with E-state index in [2.05, 4.69) is 15.1 Å². The van der Waals surface area contributed by atoms with Crippen LogP contribution in [0.3, 0.4) is 0 Å². The zero-order valence-electron chi connectivity index (χ0n) is 10.3. The molecule has 0 fully saturated rings. The Morgan fingerprint density at radius 1 is 1.05 bits per heavy atom. The van der Waals surface area contributed by atoms with Gasteiger partial charge in [-0.05, 0) is 25.1 Å². The summed E-state index contributed by atoms with van der Waals surface area (Å²) in [5.41, 5.74) is 3.52. The summed E-state index contributed by atoms with van der Waals surface area (Å²) in [6.07, 6.45) is 3.21. The molecule has 3 aromatic rings. The molecule has 1 aromatic carbocycles. The second kappa shape index (κ2) is 4.82. The van der Waals surface area contributed by atoms with Crippen LogP contribution in [0.5, 0.6) is 0 Å². The fraction of sp³-hybridized carbons (Fsp3) is 0.0714. The van der Waals surface area contributed by atoms with Gasteiger partial charge in [-0.1, -0.05) is 29.8 Å². The first kappa shape index (κ1) is 11.9. The van der Waals surface area contributed by atoms with Crippen LogP contribution in [0.2, 0.25) is 5.15 Å². The van der Waals surface area contributed by atoms with Crippen LogP contribution in [-0.4, -0.2) is 19.7 Å². The predicted molar refractivity (Wildman–Crippen MR) is 74.3 cm³/mol. The molecule has 19 heavy (non-hydrogen) atoms. The molecular formula is C14H11ClN4. The number of halogens is 1. The minimum absolute atomic E-state index is 0.464. The summed E-state index contributed by atoms with van der Waals surface area (Å²) in [5, 5.41) is 4.81. The van der Waals surface area contributed by atoms with E-state index in [-0.39, 0.29) is 0 Å². The number of benzene rings is 1. The Morgan fingerprint density at radius 3 is 2.63 bits per heavy atom. The number of para-hydroxylation sites is 1. The fourth-order valence-corrected chi connectivity index (χ4v) is 2.08. The quantitative estimate of drug-likeness (QED) is 0.671. The van der Waals surface area contributed by atoms with Crippen molar-refractivity contribution in [1.29, 1.82) is 0 Å². The maximum atomic E-state index is 6.05. The van der Waals surface area contributed by atoms with Crippen molar-refractivity contribution >= 4 is 11.6 Å². The van der Waals surface area contributed by atoms with Crippen molar-refractivity contribution in [2.75, 3.05) is 0 Å². The van der Waals surface area contributed by atoms with Crippen molar-refractivity contribution in [2.24, 2.45) is 0 Å². The van der Waals surface area contributed by atoms with Gasteiger partial charge < -0.3 is 0 Å². The molecule has 0 unspecified atom stereocenters. The lowest BCUT2D eigenvalue weighted by molar-refractivity contribution is 0.881. The van der Waals surface area contributed by atoms with Gasteiger partial charge in [0.05, 0.1) is 23.3 Å². The standard InChI is InChI=1S/C14H11ClN4/c1-10-13(16-9-17-14(10)15)12-7-8-18-19(12)11-5-3-2-4-6-11/h2-9H,1H3. The molecule has 2 aromatic heterocycles. The first-order chi connectivity index (χ1) is 9.27. The molecule has 0 N–H and O–H groups in total. The molecule has 0 spiro atoms. The van der Waals surface area contributed by atoms with Gasteiger partial charge in [0.15, 0.2) is 0 Å². The molecule has 0 bridgehead atoms. The number of hydrogen-bond donors (Lipinski definition) is 0. The van der Waals surface area contributed by atoms with Gasteiger partial charge >= 0.3 is 0 Å². The summed E-state index contributed by atoms with van der Waals surface area (Å²) in [7, 11) is 0. The summed E-state index contributed by atoms with van der Waals surface area (Å²) in [6.45, 7) is 1.90. The number of rotatable bonds is 2. The van der Waals surface area contributed by atoms with E-state index >= 15 is 0 Å².